The van der Waals surface area contributed by atoms with Crippen molar-refractivity contribution < 1.29 is 34.0 Å². The summed E-state index contributed by atoms with van der Waals surface area (Å²) in [6, 6.07) is 0. The minimum absolute atomic E-state index is 0.0662. The molecular formula is C28H36O7. The highest BCUT2D eigenvalue weighted by Crippen LogP contribution is 2.78. The van der Waals surface area contributed by atoms with Gasteiger partial charge in [-0.05, 0) is 83.3 Å². The van der Waals surface area contributed by atoms with E-state index >= 15 is 0 Å². The summed E-state index contributed by atoms with van der Waals surface area (Å²) in [5.74, 6) is 0.339. The molecule has 3 heterocycles. The molecule has 5 fully saturated rings. The van der Waals surface area contributed by atoms with E-state index in [1.165, 1.54) is 0 Å². The molecule has 7 rings (SSSR count). The van der Waals surface area contributed by atoms with Gasteiger partial charge in [-0.1, -0.05) is 12.5 Å². The average Bonchev–Trinajstić information content (AvgIpc) is 3.69. The van der Waals surface area contributed by atoms with Crippen molar-refractivity contribution in [2.45, 2.75) is 108 Å². The van der Waals surface area contributed by atoms with E-state index in [-0.39, 0.29) is 47.1 Å². The van der Waals surface area contributed by atoms with Gasteiger partial charge >= 0.3 is 5.97 Å². The van der Waals surface area contributed by atoms with Gasteiger partial charge in [0.2, 0.25) is 0 Å². The molecule has 0 unspecified atom stereocenters. The lowest BCUT2D eigenvalue weighted by Crippen LogP contribution is -2.66. The molecule has 0 aromatic rings. The largest absolute Gasteiger partial charge is 0.455 e. The van der Waals surface area contributed by atoms with Crippen LogP contribution in [0.2, 0.25) is 0 Å². The molecule has 2 saturated heterocycles. The monoisotopic (exact) mass is 484 g/mol. The standard InChI is InChI=1S/C28H36O7/c1-13-10-20(33-23(31)14(13)2)26(5,32)28-22(35-28)12-17-15-11-21-27(34-21)19(30)7-6-18(29)25(27,4)16(15)8-9-24(17,28)3/h6-7,15-17,19-22,30,32H,8-12H2,1-5H3/t15-,16-,17+,19+,20-,21+,22+,24-,25-,26+,27+,28+/m0/s1. The van der Waals surface area contributed by atoms with E-state index in [2.05, 4.69) is 6.92 Å². The van der Waals surface area contributed by atoms with Crippen LogP contribution in [0, 0.1) is 28.6 Å². The molecule has 3 aliphatic heterocycles. The Morgan fingerprint density at radius 2 is 1.83 bits per heavy atom. The Balaban J connectivity index is 1.24. The Kier molecular flexibility index (Phi) is 4.07. The van der Waals surface area contributed by atoms with E-state index in [0.29, 0.717) is 12.0 Å². The molecular weight excluding hydrogens is 448 g/mol. The number of allylic oxidation sites excluding steroid dienone is 1. The maximum atomic E-state index is 13.3. The number of ketones is 1. The lowest BCUT2D eigenvalue weighted by atomic mass is 9.44. The second kappa shape index (κ2) is 6.29. The first-order valence-electron chi connectivity index (χ1n) is 13.2. The summed E-state index contributed by atoms with van der Waals surface area (Å²) in [7, 11) is 0. The van der Waals surface area contributed by atoms with E-state index in [1.54, 1.807) is 26.0 Å². The van der Waals surface area contributed by atoms with Crippen molar-refractivity contribution in [2.75, 3.05) is 0 Å². The van der Waals surface area contributed by atoms with Crippen LogP contribution >= 0.6 is 0 Å². The molecule has 0 aromatic carbocycles. The van der Waals surface area contributed by atoms with Crippen molar-refractivity contribution in [3.63, 3.8) is 0 Å². The maximum absolute atomic E-state index is 13.3. The Morgan fingerprint density at radius 3 is 2.54 bits per heavy atom. The third kappa shape index (κ3) is 2.22. The van der Waals surface area contributed by atoms with Gasteiger partial charge in [0.1, 0.15) is 29.0 Å². The number of aliphatic hydroxyl groups is 2. The van der Waals surface area contributed by atoms with Crippen LogP contribution in [0.4, 0.5) is 0 Å². The van der Waals surface area contributed by atoms with Crippen molar-refractivity contribution in [1.29, 1.82) is 0 Å². The zero-order chi connectivity index (χ0) is 24.9. The number of carbonyl (C=O) groups excluding carboxylic acids is 2. The predicted octanol–water partition coefficient (Wildman–Crippen LogP) is 2.63. The van der Waals surface area contributed by atoms with Crippen LogP contribution in [0.3, 0.4) is 0 Å². The molecule has 7 aliphatic rings. The number of epoxide rings is 2. The topological polar surface area (TPSA) is 109 Å². The van der Waals surface area contributed by atoms with Crippen molar-refractivity contribution in [1.82, 2.24) is 0 Å². The second-order valence-corrected chi connectivity index (χ2v) is 13.1. The highest BCUT2D eigenvalue weighted by Gasteiger charge is 2.87. The summed E-state index contributed by atoms with van der Waals surface area (Å²) < 4.78 is 18.4. The number of carbonyl (C=O) groups is 2. The van der Waals surface area contributed by atoms with Gasteiger partial charge in [0.05, 0.1) is 17.6 Å². The van der Waals surface area contributed by atoms with Gasteiger partial charge in [-0.15, -0.1) is 0 Å². The number of esters is 1. The molecule has 0 aromatic heterocycles. The number of fused-ring (bicyclic) bond motifs is 6. The Morgan fingerprint density at radius 1 is 1.09 bits per heavy atom. The van der Waals surface area contributed by atoms with Gasteiger partial charge in [-0.2, -0.15) is 0 Å². The van der Waals surface area contributed by atoms with E-state index in [9.17, 15) is 19.8 Å². The van der Waals surface area contributed by atoms with Crippen LogP contribution in [0.15, 0.2) is 23.3 Å². The number of cyclic esters (lactones) is 1. The fourth-order valence-corrected chi connectivity index (χ4v) is 9.98. The molecule has 35 heavy (non-hydrogen) atoms. The summed E-state index contributed by atoms with van der Waals surface area (Å²) in [6.45, 7) is 9.75. The molecule has 190 valence electrons. The highest BCUT2D eigenvalue weighted by molar-refractivity contribution is 5.98. The van der Waals surface area contributed by atoms with E-state index in [1.807, 2.05) is 13.8 Å². The van der Waals surface area contributed by atoms with Crippen LogP contribution in [0.1, 0.15) is 66.7 Å². The zero-order valence-electron chi connectivity index (χ0n) is 21.2. The normalized spacial score (nSPS) is 57.3. The quantitative estimate of drug-likeness (QED) is 0.458. The smallest absolute Gasteiger partial charge is 0.334 e. The predicted molar refractivity (Wildman–Crippen MR) is 124 cm³/mol. The number of aliphatic hydroxyl groups excluding tert-OH is 1. The molecule has 4 aliphatic carbocycles. The molecule has 7 heteroatoms. The Labute approximate surface area is 205 Å². The fraction of sp³-hybridized carbons (Fsp3) is 0.786. The van der Waals surface area contributed by atoms with Gasteiger partial charge in [-0.25, -0.2) is 4.79 Å². The summed E-state index contributed by atoms with van der Waals surface area (Å²) >= 11 is 0. The first kappa shape index (κ1) is 22.6. The third-order valence-electron chi connectivity index (χ3n) is 12.1. The molecule has 12 atom stereocenters. The number of ether oxygens (including phenoxy) is 3. The Bertz CT molecular complexity index is 1120. The van der Waals surface area contributed by atoms with E-state index in [4.69, 9.17) is 14.2 Å². The van der Waals surface area contributed by atoms with Gasteiger partial charge in [0.25, 0.3) is 0 Å². The SMILES string of the molecule is CC1=C(C)C(=O)O[C@H]([C@@](C)(O)[C@@]23O[C@@H]2C[C@@H]2[C@H]4C[C@H]5O[C@]56[C@H](O)C=CC(=O)[C@]6(C)[C@H]4CC[C@@]23C)C1. The van der Waals surface area contributed by atoms with Crippen LogP contribution in [0.5, 0.6) is 0 Å². The number of hydrogen-bond donors (Lipinski definition) is 2. The van der Waals surface area contributed by atoms with Crippen LogP contribution in [-0.2, 0) is 23.8 Å². The molecule has 0 radical (unpaired) electrons. The molecule has 3 saturated carbocycles. The van der Waals surface area contributed by atoms with Crippen LogP contribution < -0.4 is 0 Å². The summed E-state index contributed by atoms with van der Waals surface area (Å²) in [5.41, 5.74) is -2.36. The summed E-state index contributed by atoms with van der Waals surface area (Å²) in [5, 5.41) is 22.9. The van der Waals surface area contributed by atoms with E-state index < -0.39 is 34.4 Å². The maximum Gasteiger partial charge on any atom is 0.334 e. The lowest BCUT2D eigenvalue weighted by Gasteiger charge is -2.59. The van der Waals surface area contributed by atoms with Crippen molar-refractivity contribution in [2.24, 2.45) is 28.6 Å². The van der Waals surface area contributed by atoms with Crippen molar-refractivity contribution in [3.8, 4) is 0 Å². The lowest BCUT2D eigenvalue weighted by molar-refractivity contribution is -0.199. The third-order valence-corrected chi connectivity index (χ3v) is 12.1. The van der Waals surface area contributed by atoms with Gasteiger partial charge in [0.15, 0.2) is 5.78 Å². The van der Waals surface area contributed by atoms with Crippen molar-refractivity contribution >= 4 is 11.8 Å². The van der Waals surface area contributed by atoms with Gasteiger partial charge < -0.3 is 24.4 Å². The van der Waals surface area contributed by atoms with Gasteiger partial charge in [0, 0.05) is 17.4 Å². The average molecular weight is 485 g/mol. The molecule has 1 spiro atoms. The number of rotatable bonds is 2. The minimum atomic E-state index is -1.33. The van der Waals surface area contributed by atoms with Crippen LogP contribution in [0.25, 0.3) is 0 Å². The van der Waals surface area contributed by atoms with Crippen molar-refractivity contribution in [3.05, 3.63) is 23.3 Å². The molecule has 2 N–H and O–H groups in total. The van der Waals surface area contributed by atoms with Gasteiger partial charge in [-0.3, -0.25) is 4.79 Å². The molecule has 0 amide bonds. The molecule has 0 bridgehead atoms. The van der Waals surface area contributed by atoms with Crippen LogP contribution in [-0.4, -0.2) is 63.2 Å². The zero-order valence-corrected chi connectivity index (χ0v) is 21.2. The fourth-order valence-electron chi connectivity index (χ4n) is 9.98. The Hall–Kier alpha value is -1.54. The number of hydrogen-bond acceptors (Lipinski definition) is 7. The molecule has 7 nitrogen and oxygen atoms in total. The minimum Gasteiger partial charge on any atom is -0.455 e. The summed E-state index contributed by atoms with van der Waals surface area (Å²) in [6.07, 6.45) is 5.32. The summed E-state index contributed by atoms with van der Waals surface area (Å²) in [4.78, 5) is 25.9. The first-order chi connectivity index (χ1) is 16.4. The van der Waals surface area contributed by atoms with E-state index in [0.717, 1.165) is 31.3 Å². The first-order valence-corrected chi connectivity index (χ1v) is 13.2. The highest BCUT2D eigenvalue weighted by atomic mass is 16.6. The second-order valence-electron chi connectivity index (χ2n) is 13.1.